The zero-order valence-corrected chi connectivity index (χ0v) is 11.3. The summed E-state index contributed by atoms with van der Waals surface area (Å²) in [6.45, 7) is 3.27. The fourth-order valence-corrected chi connectivity index (χ4v) is 2.24. The highest BCUT2D eigenvalue weighted by Crippen LogP contribution is 2.23. The Kier molecular flexibility index (Phi) is 4.74. The van der Waals surface area contributed by atoms with Gasteiger partial charge in [0.05, 0.1) is 12.3 Å². The first-order valence-corrected chi connectivity index (χ1v) is 6.80. The molecule has 0 spiro atoms. The smallest absolute Gasteiger partial charge is 0.422 e. The number of rotatable bonds is 4. The number of nitrogens with one attached hydrogen (secondary N) is 2. The first kappa shape index (κ1) is 14.5. The quantitative estimate of drug-likeness (QED) is 0.819. The number of amides is 1. The van der Waals surface area contributed by atoms with Gasteiger partial charge in [-0.3, -0.25) is 4.72 Å². The van der Waals surface area contributed by atoms with Gasteiger partial charge in [-0.25, -0.2) is 14.5 Å². The number of ether oxygens (including phenoxy) is 1. The van der Waals surface area contributed by atoms with E-state index in [0.717, 1.165) is 0 Å². The normalized spacial score (nSPS) is 10.8. The molecule has 0 fully saturated rings. The number of carbonyl (C=O) groups is 1. The average molecular weight is 294 g/mol. The average Bonchev–Trinajstić information content (AvgIpc) is 2.23. The highest BCUT2D eigenvalue weighted by Gasteiger charge is 2.17. The molecule has 0 bridgehead atoms. The summed E-state index contributed by atoms with van der Waals surface area (Å²) in [5, 5.41) is -0.00997. The summed E-state index contributed by atoms with van der Waals surface area (Å²) < 4.78 is 31.4. The molecule has 0 radical (unpaired) electrons. The van der Waals surface area contributed by atoms with Gasteiger partial charge in [-0.15, -0.1) is 0 Å². The van der Waals surface area contributed by atoms with Crippen LogP contribution in [0.2, 0.25) is 5.15 Å². The van der Waals surface area contributed by atoms with Gasteiger partial charge in [0.15, 0.2) is 5.15 Å². The topological polar surface area (TPSA) is 97.4 Å². The van der Waals surface area contributed by atoms with E-state index in [-0.39, 0.29) is 17.4 Å². The maximum absolute atomic E-state index is 11.6. The predicted molar refractivity (Wildman–Crippen MR) is 66.7 cm³/mol. The van der Waals surface area contributed by atoms with Gasteiger partial charge in [0, 0.05) is 6.20 Å². The Labute approximate surface area is 110 Å². The van der Waals surface area contributed by atoms with Gasteiger partial charge in [0.25, 0.3) is 0 Å². The van der Waals surface area contributed by atoms with Gasteiger partial charge in [-0.05, 0) is 25.5 Å². The number of pyridine rings is 1. The Bertz CT molecular complexity index is 526. The molecule has 1 heterocycles. The largest absolute Gasteiger partial charge is 0.449 e. The molecule has 0 aromatic carbocycles. The van der Waals surface area contributed by atoms with Gasteiger partial charge < -0.3 is 4.74 Å². The molecule has 0 saturated carbocycles. The molecule has 0 aliphatic rings. The van der Waals surface area contributed by atoms with E-state index in [2.05, 4.69) is 14.4 Å². The van der Waals surface area contributed by atoms with Gasteiger partial charge >= 0.3 is 16.3 Å². The van der Waals surface area contributed by atoms with Crippen LogP contribution < -0.4 is 9.44 Å². The highest BCUT2D eigenvalue weighted by molar-refractivity contribution is 7.91. The Hall–Kier alpha value is -1.54. The molecule has 100 valence electrons. The number of aryl methyl sites for hydroxylation is 1. The lowest BCUT2D eigenvalue weighted by Crippen LogP contribution is -2.36. The van der Waals surface area contributed by atoms with Gasteiger partial charge in [-0.1, -0.05) is 11.6 Å². The van der Waals surface area contributed by atoms with Crippen LogP contribution in [0.1, 0.15) is 12.5 Å². The molecule has 9 heteroatoms. The molecule has 1 amide bonds. The van der Waals surface area contributed by atoms with E-state index >= 15 is 0 Å². The van der Waals surface area contributed by atoms with E-state index in [1.165, 1.54) is 6.20 Å². The van der Waals surface area contributed by atoms with Crippen molar-refractivity contribution in [3.05, 3.63) is 23.0 Å². The van der Waals surface area contributed by atoms with Crippen molar-refractivity contribution in [2.24, 2.45) is 0 Å². The van der Waals surface area contributed by atoms with Crippen molar-refractivity contribution in [3.63, 3.8) is 0 Å². The molecule has 0 atom stereocenters. The molecule has 1 rings (SSSR count). The standard InChI is InChI=1S/C9H12ClN3O4S/c1-3-17-9(14)13-18(15,16)12-7-6(2)4-5-11-8(7)10/h4-5,12H,3H2,1-2H3,(H,13,14). The fourth-order valence-electron chi connectivity index (χ4n) is 1.08. The summed E-state index contributed by atoms with van der Waals surface area (Å²) >= 11 is 5.75. The minimum absolute atomic E-state index is 0.00997. The lowest BCUT2D eigenvalue weighted by atomic mass is 10.3. The van der Waals surface area contributed by atoms with E-state index < -0.39 is 16.3 Å². The summed E-state index contributed by atoms with van der Waals surface area (Å²) in [5.41, 5.74) is 0.681. The van der Waals surface area contributed by atoms with Gasteiger partial charge in [-0.2, -0.15) is 8.42 Å². The molecule has 0 saturated heterocycles. The Balaban J connectivity index is 2.86. The number of nitrogens with zero attached hydrogens (tertiary/aromatic N) is 1. The van der Waals surface area contributed by atoms with Crippen LogP contribution in [0, 0.1) is 6.92 Å². The first-order valence-electron chi connectivity index (χ1n) is 4.94. The molecule has 0 unspecified atom stereocenters. The van der Waals surface area contributed by atoms with Crippen LogP contribution in [0.5, 0.6) is 0 Å². The zero-order valence-electron chi connectivity index (χ0n) is 9.73. The van der Waals surface area contributed by atoms with Gasteiger partial charge in [0.2, 0.25) is 0 Å². The first-order chi connectivity index (χ1) is 8.35. The Morgan fingerprint density at radius 3 is 2.78 bits per heavy atom. The number of hydrogen-bond donors (Lipinski definition) is 2. The van der Waals surface area contributed by atoms with E-state index in [1.807, 2.05) is 0 Å². The zero-order chi connectivity index (χ0) is 13.8. The Morgan fingerprint density at radius 1 is 1.56 bits per heavy atom. The van der Waals surface area contributed by atoms with Crippen molar-refractivity contribution in [2.45, 2.75) is 13.8 Å². The van der Waals surface area contributed by atoms with Gasteiger partial charge in [0.1, 0.15) is 0 Å². The summed E-state index contributed by atoms with van der Waals surface area (Å²) in [7, 11) is -4.10. The number of anilines is 1. The van der Waals surface area contributed by atoms with Crippen LogP contribution in [-0.4, -0.2) is 26.1 Å². The molecule has 18 heavy (non-hydrogen) atoms. The molecule has 2 N–H and O–H groups in total. The van der Waals surface area contributed by atoms with Crippen LogP contribution in [0.3, 0.4) is 0 Å². The van der Waals surface area contributed by atoms with E-state index in [1.54, 1.807) is 24.6 Å². The molecule has 7 nitrogen and oxygen atoms in total. The van der Waals surface area contributed by atoms with Crippen molar-refractivity contribution in [1.82, 2.24) is 9.71 Å². The monoisotopic (exact) mass is 293 g/mol. The minimum atomic E-state index is -4.10. The molecule has 0 aliphatic heterocycles. The third kappa shape index (κ3) is 4.04. The van der Waals surface area contributed by atoms with Crippen LogP contribution >= 0.6 is 11.6 Å². The van der Waals surface area contributed by atoms with Crippen LogP contribution in [-0.2, 0) is 14.9 Å². The third-order valence-electron chi connectivity index (χ3n) is 1.84. The van der Waals surface area contributed by atoms with Crippen molar-refractivity contribution < 1.29 is 17.9 Å². The lowest BCUT2D eigenvalue weighted by Gasteiger charge is -2.11. The summed E-state index contributed by atoms with van der Waals surface area (Å²) in [6, 6.07) is 1.58. The second-order valence-corrected chi connectivity index (χ2v) is 4.99. The lowest BCUT2D eigenvalue weighted by molar-refractivity contribution is 0.159. The fraction of sp³-hybridized carbons (Fsp3) is 0.333. The predicted octanol–water partition coefficient (Wildman–Crippen LogP) is 1.45. The van der Waals surface area contributed by atoms with Crippen molar-refractivity contribution >= 4 is 33.6 Å². The number of aromatic nitrogens is 1. The SMILES string of the molecule is CCOC(=O)NS(=O)(=O)Nc1c(C)ccnc1Cl. The van der Waals surface area contributed by atoms with Crippen molar-refractivity contribution in [1.29, 1.82) is 0 Å². The molecular weight excluding hydrogens is 282 g/mol. The summed E-state index contributed by atoms with van der Waals surface area (Å²) in [4.78, 5) is 14.8. The molecular formula is C9H12ClN3O4S. The van der Waals surface area contributed by atoms with Crippen LogP contribution in [0.25, 0.3) is 0 Å². The molecule has 1 aromatic rings. The highest BCUT2D eigenvalue weighted by atomic mass is 35.5. The van der Waals surface area contributed by atoms with E-state index in [4.69, 9.17) is 11.6 Å². The second kappa shape index (κ2) is 5.87. The number of carbonyl (C=O) groups excluding carboxylic acids is 1. The summed E-state index contributed by atoms with van der Waals surface area (Å²) in [6.07, 6.45) is 0.372. The van der Waals surface area contributed by atoms with Crippen molar-refractivity contribution in [2.75, 3.05) is 11.3 Å². The molecule has 0 aliphatic carbocycles. The minimum Gasteiger partial charge on any atom is -0.449 e. The van der Waals surface area contributed by atoms with Crippen molar-refractivity contribution in [3.8, 4) is 0 Å². The number of hydrogen-bond acceptors (Lipinski definition) is 5. The van der Waals surface area contributed by atoms with E-state index in [0.29, 0.717) is 5.56 Å². The van der Waals surface area contributed by atoms with Crippen LogP contribution in [0.4, 0.5) is 10.5 Å². The Morgan fingerprint density at radius 2 is 2.22 bits per heavy atom. The second-order valence-electron chi connectivity index (χ2n) is 3.22. The maximum Gasteiger partial charge on any atom is 0.422 e. The maximum atomic E-state index is 11.6. The number of halogens is 1. The summed E-state index contributed by atoms with van der Waals surface area (Å²) in [5.74, 6) is 0. The molecule has 1 aromatic heterocycles. The van der Waals surface area contributed by atoms with Crippen LogP contribution in [0.15, 0.2) is 12.3 Å². The van der Waals surface area contributed by atoms with E-state index in [9.17, 15) is 13.2 Å². The third-order valence-corrected chi connectivity index (χ3v) is 3.04.